The maximum Gasteiger partial charge on any atom is 0.409 e. The second-order valence-corrected chi connectivity index (χ2v) is 7.02. The average Bonchev–Trinajstić information content (AvgIpc) is 2.63. The fraction of sp³-hybridized carbons (Fsp3) is 0.833. The molecule has 1 saturated carbocycles. The van der Waals surface area contributed by atoms with E-state index in [1.807, 2.05) is 0 Å². The van der Waals surface area contributed by atoms with Crippen molar-refractivity contribution in [2.24, 2.45) is 10.7 Å². The molecule has 0 aromatic carbocycles. The van der Waals surface area contributed by atoms with Crippen LogP contribution in [0.2, 0.25) is 0 Å². The lowest BCUT2D eigenvalue weighted by Crippen LogP contribution is -2.48. The molecule has 0 radical (unpaired) electrons. The second-order valence-electron chi connectivity index (χ2n) is 7.02. The number of hydrogen-bond acceptors (Lipinski definition) is 4. The molecule has 0 bridgehead atoms. The molecule has 8 nitrogen and oxygen atoms in total. The number of hydrogen-bond donors (Lipinski definition) is 3. The number of nitrogens with zero attached hydrogens (tertiary/aromatic N) is 2. The fourth-order valence-corrected chi connectivity index (χ4v) is 3.50. The maximum atomic E-state index is 11.9. The highest BCUT2D eigenvalue weighted by molar-refractivity contribution is 5.79. The molecule has 1 heterocycles. The van der Waals surface area contributed by atoms with Crippen LogP contribution in [0.3, 0.4) is 0 Å². The van der Waals surface area contributed by atoms with E-state index in [2.05, 4.69) is 15.6 Å². The van der Waals surface area contributed by atoms with E-state index in [1.165, 1.54) is 19.3 Å². The zero-order valence-corrected chi connectivity index (χ0v) is 15.8. The topological polar surface area (TPSA) is 109 Å². The Labute approximate surface area is 155 Å². The highest BCUT2D eigenvalue weighted by Gasteiger charge is 2.23. The molecular formula is C18H33N5O3. The first-order valence-corrected chi connectivity index (χ1v) is 9.86. The molecule has 2 rings (SSSR count). The predicted molar refractivity (Wildman–Crippen MR) is 101 cm³/mol. The van der Waals surface area contributed by atoms with Gasteiger partial charge >= 0.3 is 6.09 Å². The van der Waals surface area contributed by atoms with E-state index in [9.17, 15) is 9.59 Å². The molecule has 2 amide bonds. The largest absolute Gasteiger partial charge is 0.450 e. The van der Waals surface area contributed by atoms with Crippen molar-refractivity contribution in [3.8, 4) is 0 Å². The minimum Gasteiger partial charge on any atom is -0.450 e. The SMILES string of the molecule is CCOC(=O)N1CCC(NC(N)=NCCC(=O)NC2CCCCC2)CC1. The molecule has 26 heavy (non-hydrogen) atoms. The van der Waals surface area contributed by atoms with E-state index in [1.54, 1.807) is 11.8 Å². The Balaban J connectivity index is 1.61. The number of carbonyl (C=O) groups excluding carboxylic acids is 2. The molecule has 4 N–H and O–H groups in total. The van der Waals surface area contributed by atoms with Crippen molar-refractivity contribution in [3.05, 3.63) is 0 Å². The third kappa shape index (κ3) is 7.09. The normalized spacial score (nSPS) is 19.9. The van der Waals surface area contributed by atoms with E-state index < -0.39 is 0 Å². The van der Waals surface area contributed by atoms with Gasteiger partial charge in [-0.3, -0.25) is 9.79 Å². The third-order valence-electron chi connectivity index (χ3n) is 4.96. The lowest BCUT2D eigenvalue weighted by atomic mass is 9.95. The van der Waals surface area contributed by atoms with Crippen molar-refractivity contribution in [2.75, 3.05) is 26.2 Å². The van der Waals surface area contributed by atoms with Crippen LogP contribution in [0, 0.1) is 0 Å². The van der Waals surface area contributed by atoms with Gasteiger partial charge in [0.25, 0.3) is 0 Å². The van der Waals surface area contributed by atoms with E-state index >= 15 is 0 Å². The van der Waals surface area contributed by atoms with Gasteiger partial charge in [0.05, 0.1) is 13.2 Å². The molecule has 0 aromatic rings. The molecule has 0 spiro atoms. The summed E-state index contributed by atoms with van der Waals surface area (Å²) < 4.78 is 5.01. The summed E-state index contributed by atoms with van der Waals surface area (Å²) in [6, 6.07) is 0.528. The van der Waals surface area contributed by atoms with Crippen LogP contribution in [0.4, 0.5) is 4.79 Å². The van der Waals surface area contributed by atoms with Crippen LogP contribution in [0.5, 0.6) is 0 Å². The van der Waals surface area contributed by atoms with Gasteiger partial charge in [-0.1, -0.05) is 19.3 Å². The standard InChI is InChI=1S/C18H33N5O3/c1-2-26-18(25)23-12-9-15(10-13-23)22-17(19)20-11-8-16(24)21-14-6-4-3-5-7-14/h14-15H,2-13H2,1H3,(H,21,24)(H3,19,20,22). The number of amides is 2. The molecule has 0 atom stereocenters. The molecule has 1 saturated heterocycles. The number of carbonyl (C=O) groups is 2. The molecular weight excluding hydrogens is 334 g/mol. The third-order valence-corrected chi connectivity index (χ3v) is 4.96. The van der Waals surface area contributed by atoms with Gasteiger partial charge in [-0.2, -0.15) is 0 Å². The van der Waals surface area contributed by atoms with Crippen molar-refractivity contribution in [3.63, 3.8) is 0 Å². The molecule has 2 fully saturated rings. The lowest BCUT2D eigenvalue weighted by Gasteiger charge is -2.31. The number of piperidine rings is 1. The van der Waals surface area contributed by atoms with Crippen LogP contribution in [0.1, 0.15) is 58.3 Å². The first kappa shape index (κ1) is 20.3. The number of rotatable bonds is 6. The van der Waals surface area contributed by atoms with Gasteiger partial charge in [0.15, 0.2) is 5.96 Å². The Morgan fingerprint density at radius 3 is 2.38 bits per heavy atom. The summed E-state index contributed by atoms with van der Waals surface area (Å²) in [4.78, 5) is 29.6. The van der Waals surface area contributed by atoms with Crippen LogP contribution in [0.15, 0.2) is 4.99 Å². The van der Waals surface area contributed by atoms with Gasteiger partial charge in [-0.05, 0) is 32.6 Å². The zero-order valence-electron chi connectivity index (χ0n) is 15.8. The van der Waals surface area contributed by atoms with Crippen molar-refractivity contribution >= 4 is 18.0 Å². The van der Waals surface area contributed by atoms with Gasteiger partial charge in [0.1, 0.15) is 0 Å². The Bertz CT molecular complexity index is 483. The number of guanidine groups is 1. The van der Waals surface area contributed by atoms with Crippen LogP contribution >= 0.6 is 0 Å². The van der Waals surface area contributed by atoms with E-state index in [0.717, 1.165) is 25.7 Å². The number of ether oxygens (including phenoxy) is 1. The van der Waals surface area contributed by atoms with Gasteiger partial charge in [-0.25, -0.2) is 4.79 Å². The summed E-state index contributed by atoms with van der Waals surface area (Å²) in [5.74, 6) is 0.418. The lowest BCUT2D eigenvalue weighted by molar-refractivity contribution is -0.121. The number of nitrogens with two attached hydrogens (primary N) is 1. The highest BCUT2D eigenvalue weighted by atomic mass is 16.6. The average molecular weight is 367 g/mol. The van der Waals surface area contributed by atoms with Gasteiger partial charge in [-0.15, -0.1) is 0 Å². The number of likely N-dealkylation sites (tertiary alicyclic amines) is 1. The molecule has 0 unspecified atom stereocenters. The quantitative estimate of drug-likeness (QED) is 0.485. The van der Waals surface area contributed by atoms with Crippen molar-refractivity contribution < 1.29 is 14.3 Å². The van der Waals surface area contributed by atoms with Gasteiger partial charge in [0, 0.05) is 31.6 Å². The Kier molecular flexibility index (Phi) is 8.50. The Morgan fingerprint density at radius 2 is 1.73 bits per heavy atom. The maximum absolute atomic E-state index is 11.9. The van der Waals surface area contributed by atoms with E-state index in [4.69, 9.17) is 10.5 Å². The summed E-state index contributed by atoms with van der Waals surface area (Å²) in [7, 11) is 0. The van der Waals surface area contributed by atoms with Gasteiger partial charge < -0.3 is 26.0 Å². The van der Waals surface area contributed by atoms with Crippen LogP contribution in [-0.4, -0.2) is 61.2 Å². The first-order chi connectivity index (χ1) is 12.6. The summed E-state index contributed by atoms with van der Waals surface area (Å²) in [5.41, 5.74) is 5.92. The zero-order chi connectivity index (χ0) is 18.8. The smallest absolute Gasteiger partial charge is 0.409 e. The van der Waals surface area contributed by atoms with Crippen LogP contribution < -0.4 is 16.4 Å². The summed E-state index contributed by atoms with van der Waals surface area (Å²) in [5, 5.41) is 6.26. The first-order valence-electron chi connectivity index (χ1n) is 9.86. The Hall–Kier alpha value is -1.99. The minimum atomic E-state index is -0.253. The Morgan fingerprint density at radius 1 is 1.08 bits per heavy atom. The van der Waals surface area contributed by atoms with Crippen molar-refractivity contribution in [2.45, 2.75) is 70.4 Å². The van der Waals surface area contributed by atoms with Crippen LogP contribution in [-0.2, 0) is 9.53 Å². The fourth-order valence-electron chi connectivity index (χ4n) is 3.50. The monoisotopic (exact) mass is 367 g/mol. The predicted octanol–water partition coefficient (Wildman–Crippen LogP) is 1.35. The number of aliphatic imine (C=N–C) groups is 1. The summed E-state index contributed by atoms with van der Waals surface area (Å²) in [6.07, 6.45) is 7.57. The summed E-state index contributed by atoms with van der Waals surface area (Å²) >= 11 is 0. The molecule has 2 aliphatic rings. The highest BCUT2D eigenvalue weighted by Crippen LogP contribution is 2.17. The van der Waals surface area contributed by atoms with E-state index in [0.29, 0.717) is 44.7 Å². The van der Waals surface area contributed by atoms with Crippen LogP contribution in [0.25, 0.3) is 0 Å². The summed E-state index contributed by atoms with van der Waals surface area (Å²) in [6.45, 7) is 3.88. The van der Waals surface area contributed by atoms with E-state index in [-0.39, 0.29) is 18.0 Å². The molecule has 1 aliphatic heterocycles. The van der Waals surface area contributed by atoms with Gasteiger partial charge in [0.2, 0.25) is 5.91 Å². The molecule has 0 aromatic heterocycles. The molecule has 148 valence electrons. The molecule has 8 heteroatoms. The number of nitrogens with one attached hydrogen (secondary N) is 2. The van der Waals surface area contributed by atoms with Crippen molar-refractivity contribution in [1.82, 2.24) is 15.5 Å². The van der Waals surface area contributed by atoms with Crippen molar-refractivity contribution in [1.29, 1.82) is 0 Å². The minimum absolute atomic E-state index is 0.0520. The second kappa shape index (κ2) is 10.9. The molecule has 1 aliphatic carbocycles.